The minimum Gasteiger partial charge on any atom is -0.362 e. The molecule has 0 aromatic carbocycles. The van der Waals surface area contributed by atoms with E-state index in [0.717, 1.165) is 19.1 Å². The molecule has 1 aliphatic carbocycles. The maximum absolute atomic E-state index is 5.45. The summed E-state index contributed by atoms with van der Waals surface area (Å²) >= 11 is 0. The standard InChI is InChI=1S/C8H15NO/c1-2-7(3-1)6-8-9-4-5-10-8/h7-9H,1-6H2. The SMILES string of the molecule is C1CC(CC2NCCO2)C1. The first kappa shape index (κ1) is 6.62. The Kier molecular flexibility index (Phi) is 1.91. The Bertz CT molecular complexity index is 106. The first-order chi connectivity index (χ1) is 4.95. The molecule has 1 saturated carbocycles. The molecule has 10 heavy (non-hydrogen) atoms. The Hall–Kier alpha value is -0.0800. The van der Waals surface area contributed by atoms with Crippen LogP contribution in [0.5, 0.6) is 0 Å². The van der Waals surface area contributed by atoms with Crippen molar-refractivity contribution in [2.75, 3.05) is 13.2 Å². The van der Waals surface area contributed by atoms with Crippen molar-refractivity contribution in [3.8, 4) is 0 Å². The van der Waals surface area contributed by atoms with Gasteiger partial charge in [-0.2, -0.15) is 0 Å². The van der Waals surface area contributed by atoms with Gasteiger partial charge in [-0.15, -0.1) is 0 Å². The molecular formula is C8H15NO. The lowest BCUT2D eigenvalue weighted by Crippen LogP contribution is -2.27. The molecule has 1 aliphatic heterocycles. The maximum atomic E-state index is 5.45. The average molecular weight is 141 g/mol. The fourth-order valence-corrected chi connectivity index (χ4v) is 1.66. The molecule has 0 spiro atoms. The van der Waals surface area contributed by atoms with Crippen molar-refractivity contribution in [3.63, 3.8) is 0 Å². The highest BCUT2D eigenvalue weighted by Gasteiger charge is 2.23. The van der Waals surface area contributed by atoms with Crippen LogP contribution >= 0.6 is 0 Å². The van der Waals surface area contributed by atoms with Crippen LogP contribution in [-0.2, 0) is 4.74 Å². The molecule has 0 amide bonds. The molecular weight excluding hydrogens is 126 g/mol. The Balaban J connectivity index is 1.68. The number of rotatable bonds is 2. The summed E-state index contributed by atoms with van der Waals surface area (Å²) in [6.45, 7) is 1.97. The fraction of sp³-hybridized carbons (Fsp3) is 1.00. The second kappa shape index (κ2) is 2.89. The van der Waals surface area contributed by atoms with E-state index in [1.165, 1.54) is 25.7 Å². The van der Waals surface area contributed by atoms with Gasteiger partial charge in [0, 0.05) is 6.54 Å². The maximum Gasteiger partial charge on any atom is 0.108 e. The van der Waals surface area contributed by atoms with Crippen molar-refractivity contribution in [2.45, 2.75) is 31.9 Å². The highest BCUT2D eigenvalue weighted by atomic mass is 16.5. The highest BCUT2D eigenvalue weighted by molar-refractivity contribution is 4.74. The van der Waals surface area contributed by atoms with Crippen molar-refractivity contribution in [1.82, 2.24) is 5.32 Å². The van der Waals surface area contributed by atoms with Crippen LogP contribution < -0.4 is 5.32 Å². The van der Waals surface area contributed by atoms with Crippen molar-refractivity contribution in [3.05, 3.63) is 0 Å². The molecule has 1 heterocycles. The van der Waals surface area contributed by atoms with Crippen LogP contribution in [0.15, 0.2) is 0 Å². The zero-order valence-electron chi connectivity index (χ0n) is 6.31. The lowest BCUT2D eigenvalue weighted by atomic mass is 9.82. The van der Waals surface area contributed by atoms with E-state index in [2.05, 4.69) is 5.32 Å². The van der Waals surface area contributed by atoms with Gasteiger partial charge in [-0.05, 0) is 12.3 Å². The smallest absolute Gasteiger partial charge is 0.108 e. The van der Waals surface area contributed by atoms with Gasteiger partial charge in [0.15, 0.2) is 0 Å². The molecule has 1 saturated heterocycles. The van der Waals surface area contributed by atoms with E-state index in [-0.39, 0.29) is 0 Å². The molecule has 0 aromatic heterocycles. The molecule has 2 heteroatoms. The van der Waals surface area contributed by atoms with Crippen LogP contribution in [0.4, 0.5) is 0 Å². The van der Waals surface area contributed by atoms with E-state index in [4.69, 9.17) is 4.74 Å². The first-order valence-corrected chi connectivity index (χ1v) is 4.30. The Labute approximate surface area is 61.9 Å². The topological polar surface area (TPSA) is 21.3 Å². The summed E-state index contributed by atoms with van der Waals surface area (Å²) in [5, 5.41) is 3.33. The van der Waals surface area contributed by atoms with Crippen molar-refractivity contribution in [1.29, 1.82) is 0 Å². The second-order valence-corrected chi connectivity index (χ2v) is 3.35. The predicted octanol–water partition coefficient (Wildman–Crippen LogP) is 1.12. The van der Waals surface area contributed by atoms with Gasteiger partial charge in [0.1, 0.15) is 6.23 Å². The van der Waals surface area contributed by atoms with Crippen LogP contribution in [0, 0.1) is 5.92 Å². The summed E-state index contributed by atoms with van der Waals surface area (Å²) in [4.78, 5) is 0. The lowest BCUT2D eigenvalue weighted by Gasteiger charge is -2.27. The molecule has 58 valence electrons. The van der Waals surface area contributed by atoms with Gasteiger partial charge in [-0.25, -0.2) is 0 Å². The summed E-state index contributed by atoms with van der Waals surface area (Å²) in [7, 11) is 0. The Morgan fingerprint density at radius 3 is 2.80 bits per heavy atom. The third-order valence-electron chi connectivity index (χ3n) is 2.57. The molecule has 2 nitrogen and oxygen atoms in total. The van der Waals surface area contributed by atoms with Gasteiger partial charge in [-0.3, -0.25) is 5.32 Å². The zero-order valence-corrected chi connectivity index (χ0v) is 6.31. The summed E-state index contributed by atoms with van der Waals surface area (Å²) < 4.78 is 5.45. The van der Waals surface area contributed by atoms with Crippen LogP contribution in [0.3, 0.4) is 0 Å². The summed E-state index contributed by atoms with van der Waals surface area (Å²) in [6, 6.07) is 0. The van der Waals surface area contributed by atoms with Gasteiger partial charge in [-0.1, -0.05) is 19.3 Å². The number of hydrogen-bond donors (Lipinski definition) is 1. The van der Waals surface area contributed by atoms with E-state index >= 15 is 0 Å². The molecule has 0 aromatic rings. The molecule has 2 fully saturated rings. The van der Waals surface area contributed by atoms with Crippen LogP contribution in [0.25, 0.3) is 0 Å². The minimum absolute atomic E-state index is 0.394. The largest absolute Gasteiger partial charge is 0.362 e. The van der Waals surface area contributed by atoms with Crippen molar-refractivity contribution >= 4 is 0 Å². The molecule has 2 aliphatic rings. The third-order valence-corrected chi connectivity index (χ3v) is 2.57. The number of nitrogens with one attached hydrogen (secondary N) is 1. The summed E-state index contributed by atoms with van der Waals surface area (Å²) in [5.41, 5.74) is 0. The highest BCUT2D eigenvalue weighted by Crippen LogP contribution is 2.30. The van der Waals surface area contributed by atoms with E-state index in [0.29, 0.717) is 6.23 Å². The molecule has 0 bridgehead atoms. The lowest BCUT2D eigenvalue weighted by molar-refractivity contribution is 0.0658. The van der Waals surface area contributed by atoms with Gasteiger partial charge in [0.05, 0.1) is 6.61 Å². The van der Waals surface area contributed by atoms with Gasteiger partial charge in [0.2, 0.25) is 0 Å². The molecule has 0 radical (unpaired) electrons. The zero-order chi connectivity index (χ0) is 6.81. The average Bonchev–Trinajstić information content (AvgIpc) is 2.29. The normalized spacial score (nSPS) is 34.2. The summed E-state index contributed by atoms with van der Waals surface area (Å²) in [6.07, 6.45) is 5.95. The van der Waals surface area contributed by atoms with Crippen molar-refractivity contribution in [2.24, 2.45) is 5.92 Å². The molecule has 1 unspecified atom stereocenters. The Morgan fingerprint density at radius 1 is 1.40 bits per heavy atom. The number of ether oxygens (including phenoxy) is 1. The monoisotopic (exact) mass is 141 g/mol. The van der Waals surface area contributed by atoms with Crippen molar-refractivity contribution < 1.29 is 4.74 Å². The quantitative estimate of drug-likeness (QED) is 0.622. The van der Waals surface area contributed by atoms with E-state index in [9.17, 15) is 0 Å². The van der Waals surface area contributed by atoms with Crippen LogP contribution in [-0.4, -0.2) is 19.4 Å². The summed E-state index contributed by atoms with van der Waals surface area (Å²) in [5.74, 6) is 0.968. The van der Waals surface area contributed by atoms with E-state index in [1.807, 2.05) is 0 Å². The fourth-order valence-electron chi connectivity index (χ4n) is 1.66. The molecule has 1 atom stereocenters. The number of hydrogen-bond acceptors (Lipinski definition) is 2. The van der Waals surface area contributed by atoms with Gasteiger partial charge >= 0.3 is 0 Å². The predicted molar refractivity (Wildman–Crippen MR) is 39.7 cm³/mol. The second-order valence-electron chi connectivity index (χ2n) is 3.35. The molecule has 2 rings (SSSR count). The minimum atomic E-state index is 0.394. The van der Waals surface area contributed by atoms with Gasteiger partial charge < -0.3 is 4.74 Å². The van der Waals surface area contributed by atoms with Crippen LogP contribution in [0.1, 0.15) is 25.7 Å². The Morgan fingerprint density at radius 2 is 2.30 bits per heavy atom. The van der Waals surface area contributed by atoms with Crippen LogP contribution in [0.2, 0.25) is 0 Å². The van der Waals surface area contributed by atoms with Gasteiger partial charge in [0.25, 0.3) is 0 Å². The molecule has 1 N–H and O–H groups in total. The third kappa shape index (κ3) is 1.32. The van der Waals surface area contributed by atoms with E-state index in [1.54, 1.807) is 0 Å². The first-order valence-electron chi connectivity index (χ1n) is 4.30. The van der Waals surface area contributed by atoms with E-state index < -0.39 is 0 Å².